The third-order valence-electron chi connectivity index (χ3n) is 4.25. The number of carbonyl (C=O) groups is 2. The van der Waals surface area contributed by atoms with Crippen molar-refractivity contribution < 1.29 is 14.0 Å². The first-order chi connectivity index (χ1) is 12.5. The standard InChI is InChI=1S/C18H20FN5O2/c19-14-5-1-2-6-15(14)23-18(26)24-9-3-4-12(11-24)17(25)22-13-7-8-16(20)21-10-13/h1-2,5-8,10,12H,3-4,9,11H2,(H2,20,21)(H,22,25)(H,23,26). The maximum Gasteiger partial charge on any atom is 0.321 e. The van der Waals surface area contributed by atoms with E-state index >= 15 is 0 Å². The van der Waals surface area contributed by atoms with E-state index in [1.165, 1.54) is 23.2 Å². The molecule has 8 heteroatoms. The lowest BCUT2D eigenvalue weighted by molar-refractivity contribution is -0.121. The first kappa shape index (κ1) is 17.7. The number of para-hydroxylation sites is 1. The van der Waals surface area contributed by atoms with Gasteiger partial charge in [-0.2, -0.15) is 0 Å². The number of likely N-dealkylation sites (tertiary alicyclic amines) is 1. The Morgan fingerprint density at radius 2 is 2.00 bits per heavy atom. The molecule has 7 nitrogen and oxygen atoms in total. The molecule has 0 aliphatic carbocycles. The number of anilines is 3. The van der Waals surface area contributed by atoms with Gasteiger partial charge in [-0.3, -0.25) is 4.79 Å². The zero-order chi connectivity index (χ0) is 18.5. The summed E-state index contributed by atoms with van der Waals surface area (Å²) in [7, 11) is 0. The quantitative estimate of drug-likeness (QED) is 0.786. The Labute approximate surface area is 150 Å². The normalized spacial score (nSPS) is 16.8. The molecular weight excluding hydrogens is 337 g/mol. The molecule has 1 atom stereocenters. The largest absolute Gasteiger partial charge is 0.384 e. The number of nitrogens with one attached hydrogen (secondary N) is 2. The molecule has 1 unspecified atom stereocenters. The molecule has 1 saturated heterocycles. The summed E-state index contributed by atoms with van der Waals surface area (Å²) < 4.78 is 13.7. The Kier molecular flexibility index (Phi) is 5.31. The third kappa shape index (κ3) is 4.27. The number of nitrogen functional groups attached to an aromatic ring is 1. The average molecular weight is 357 g/mol. The van der Waals surface area contributed by atoms with Crippen LogP contribution in [0.3, 0.4) is 0 Å². The van der Waals surface area contributed by atoms with E-state index < -0.39 is 11.8 Å². The van der Waals surface area contributed by atoms with Crippen molar-refractivity contribution in [3.05, 3.63) is 48.4 Å². The minimum atomic E-state index is -0.497. The molecule has 1 aromatic carbocycles. The lowest BCUT2D eigenvalue weighted by Crippen LogP contribution is -2.45. The maximum atomic E-state index is 13.7. The van der Waals surface area contributed by atoms with E-state index in [4.69, 9.17) is 5.73 Å². The van der Waals surface area contributed by atoms with Gasteiger partial charge in [-0.1, -0.05) is 12.1 Å². The van der Waals surface area contributed by atoms with Crippen LogP contribution in [0, 0.1) is 11.7 Å². The van der Waals surface area contributed by atoms with Gasteiger partial charge in [0.15, 0.2) is 0 Å². The zero-order valence-electron chi connectivity index (χ0n) is 14.1. The number of benzene rings is 1. The number of carbonyl (C=O) groups excluding carboxylic acids is 2. The number of amides is 3. The molecule has 26 heavy (non-hydrogen) atoms. The molecule has 0 saturated carbocycles. The Morgan fingerprint density at radius 3 is 2.73 bits per heavy atom. The second-order valence-corrected chi connectivity index (χ2v) is 6.16. The topological polar surface area (TPSA) is 100 Å². The van der Waals surface area contributed by atoms with Crippen molar-refractivity contribution in [2.45, 2.75) is 12.8 Å². The van der Waals surface area contributed by atoms with Crippen molar-refractivity contribution in [1.82, 2.24) is 9.88 Å². The molecule has 2 heterocycles. The minimum absolute atomic E-state index is 0.122. The summed E-state index contributed by atoms with van der Waals surface area (Å²) >= 11 is 0. The lowest BCUT2D eigenvalue weighted by atomic mass is 9.97. The molecule has 1 fully saturated rings. The molecule has 0 radical (unpaired) electrons. The van der Waals surface area contributed by atoms with Gasteiger partial charge in [-0.05, 0) is 37.1 Å². The van der Waals surface area contributed by atoms with Gasteiger partial charge < -0.3 is 21.3 Å². The zero-order valence-corrected chi connectivity index (χ0v) is 14.1. The summed E-state index contributed by atoms with van der Waals surface area (Å²) in [5.74, 6) is -0.646. The number of hydrogen-bond donors (Lipinski definition) is 3. The summed E-state index contributed by atoms with van der Waals surface area (Å²) in [4.78, 5) is 30.3. The fourth-order valence-electron chi connectivity index (χ4n) is 2.86. The smallest absolute Gasteiger partial charge is 0.321 e. The molecule has 1 aliphatic rings. The van der Waals surface area contributed by atoms with E-state index in [9.17, 15) is 14.0 Å². The molecule has 2 aromatic rings. The van der Waals surface area contributed by atoms with E-state index in [1.807, 2.05) is 0 Å². The van der Waals surface area contributed by atoms with Crippen molar-refractivity contribution in [3.63, 3.8) is 0 Å². The fraction of sp³-hybridized carbons (Fsp3) is 0.278. The molecule has 0 bridgehead atoms. The Hall–Kier alpha value is -3.16. The summed E-state index contributed by atoms with van der Waals surface area (Å²) in [5, 5.41) is 5.33. The highest BCUT2D eigenvalue weighted by Gasteiger charge is 2.28. The van der Waals surface area contributed by atoms with Gasteiger partial charge in [0.05, 0.1) is 23.5 Å². The van der Waals surface area contributed by atoms with Gasteiger partial charge in [-0.15, -0.1) is 0 Å². The molecule has 1 aliphatic heterocycles. The van der Waals surface area contributed by atoms with Crippen molar-refractivity contribution in [1.29, 1.82) is 0 Å². The summed E-state index contributed by atoms with van der Waals surface area (Å²) in [6.07, 6.45) is 2.86. The number of piperidine rings is 1. The summed E-state index contributed by atoms with van der Waals surface area (Å²) in [6.45, 7) is 0.794. The van der Waals surface area contributed by atoms with Gasteiger partial charge in [0, 0.05) is 13.1 Å². The predicted molar refractivity (Wildman–Crippen MR) is 97.0 cm³/mol. The van der Waals surface area contributed by atoms with Crippen LogP contribution in [0.4, 0.5) is 26.4 Å². The van der Waals surface area contributed by atoms with Gasteiger partial charge in [0.1, 0.15) is 11.6 Å². The van der Waals surface area contributed by atoms with Gasteiger partial charge >= 0.3 is 6.03 Å². The van der Waals surface area contributed by atoms with Crippen molar-refractivity contribution >= 4 is 29.1 Å². The number of nitrogens with two attached hydrogens (primary N) is 1. The molecule has 3 rings (SSSR count). The summed E-state index contributed by atoms with van der Waals surface area (Å²) in [5.41, 5.74) is 6.20. The van der Waals surface area contributed by atoms with E-state index in [0.717, 1.165) is 0 Å². The van der Waals surface area contributed by atoms with Gasteiger partial charge in [-0.25, -0.2) is 14.2 Å². The van der Waals surface area contributed by atoms with Crippen LogP contribution in [-0.2, 0) is 4.79 Å². The summed E-state index contributed by atoms with van der Waals surface area (Å²) in [6, 6.07) is 8.83. The number of aromatic nitrogens is 1. The van der Waals surface area contributed by atoms with Crippen LogP contribution in [0.1, 0.15) is 12.8 Å². The van der Waals surface area contributed by atoms with Crippen LogP contribution >= 0.6 is 0 Å². The highest BCUT2D eigenvalue weighted by molar-refractivity contribution is 5.94. The lowest BCUT2D eigenvalue weighted by Gasteiger charge is -2.32. The van der Waals surface area contributed by atoms with E-state index in [-0.39, 0.29) is 24.1 Å². The molecule has 0 spiro atoms. The van der Waals surface area contributed by atoms with Crippen molar-refractivity contribution in [2.75, 3.05) is 29.5 Å². The molecule has 1 aromatic heterocycles. The van der Waals surface area contributed by atoms with Gasteiger partial charge in [0.25, 0.3) is 0 Å². The number of urea groups is 1. The number of nitrogens with zero attached hydrogens (tertiary/aromatic N) is 2. The van der Waals surface area contributed by atoms with Crippen LogP contribution < -0.4 is 16.4 Å². The van der Waals surface area contributed by atoms with E-state index in [1.54, 1.807) is 24.3 Å². The Bertz CT molecular complexity index is 796. The average Bonchev–Trinajstić information content (AvgIpc) is 2.65. The van der Waals surface area contributed by atoms with Crippen LogP contribution in [0.25, 0.3) is 0 Å². The number of pyridine rings is 1. The van der Waals surface area contributed by atoms with Crippen molar-refractivity contribution in [2.24, 2.45) is 5.92 Å². The van der Waals surface area contributed by atoms with Crippen LogP contribution in [0.2, 0.25) is 0 Å². The minimum Gasteiger partial charge on any atom is -0.384 e. The SMILES string of the molecule is Nc1ccc(NC(=O)C2CCCN(C(=O)Nc3ccccc3F)C2)cn1. The van der Waals surface area contributed by atoms with Crippen LogP contribution in [0.5, 0.6) is 0 Å². The predicted octanol–water partition coefficient (Wildman–Crippen LogP) is 2.69. The number of hydrogen-bond acceptors (Lipinski definition) is 4. The van der Waals surface area contributed by atoms with Crippen molar-refractivity contribution in [3.8, 4) is 0 Å². The molecule has 136 valence electrons. The van der Waals surface area contributed by atoms with Crippen LogP contribution in [-0.4, -0.2) is 34.9 Å². The van der Waals surface area contributed by atoms with E-state index in [0.29, 0.717) is 30.9 Å². The van der Waals surface area contributed by atoms with Crippen LogP contribution in [0.15, 0.2) is 42.6 Å². The highest BCUT2D eigenvalue weighted by atomic mass is 19.1. The molecule has 4 N–H and O–H groups in total. The van der Waals surface area contributed by atoms with E-state index in [2.05, 4.69) is 15.6 Å². The first-order valence-electron chi connectivity index (χ1n) is 8.36. The molecule has 3 amide bonds. The molecular formula is C18H20FN5O2. The first-order valence-corrected chi connectivity index (χ1v) is 8.36. The monoisotopic (exact) mass is 357 g/mol. The Balaban J connectivity index is 1.59. The third-order valence-corrected chi connectivity index (χ3v) is 4.25. The number of halogens is 1. The van der Waals surface area contributed by atoms with Gasteiger partial charge in [0.2, 0.25) is 5.91 Å². The Morgan fingerprint density at radius 1 is 1.19 bits per heavy atom. The highest BCUT2D eigenvalue weighted by Crippen LogP contribution is 2.20. The number of rotatable bonds is 3. The second-order valence-electron chi connectivity index (χ2n) is 6.16. The maximum absolute atomic E-state index is 13.7. The fourth-order valence-corrected chi connectivity index (χ4v) is 2.86. The second kappa shape index (κ2) is 7.81.